The molecule has 0 fully saturated rings. The molecule has 120 valence electrons. The largest absolute Gasteiger partial charge is 0.330 e. The molecular formula is C16H20ClNO3S. The van der Waals surface area contributed by atoms with Crippen LogP contribution in [0.15, 0.2) is 35.9 Å². The van der Waals surface area contributed by atoms with Crippen LogP contribution in [0.2, 0.25) is 0 Å². The fourth-order valence-electron chi connectivity index (χ4n) is 2.79. The maximum Gasteiger partial charge on any atom is 0.238 e. The first-order chi connectivity index (χ1) is 10.3. The third-order valence-electron chi connectivity index (χ3n) is 3.92. The van der Waals surface area contributed by atoms with Crippen LogP contribution in [0.5, 0.6) is 0 Å². The van der Waals surface area contributed by atoms with Crippen molar-refractivity contribution in [3.05, 3.63) is 47.0 Å². The van der Waals surface area contributed by atoms with Crippen LogP contribution >= 0.6 is 11.6 Å². The highest BCUT2D eigenvalue weighted by molar-refractivity contribution is 7.92. The normalized spacial score (nSPS) is 17.1. The number of nitrogens with zero attached hydrogens (tertiary/aromatic N) is 1. The van der Waals surface area contributed by atoms with Gasteiger partial charge in [0.15, 0.2) is 9.84 Å². The molecule has 1 aromatic carbocycles. The van der Waals surface area contributed by atoms with E-state index >= 15 is 0 Å². The van der Waals surface area contributed by atoms with Crippen LogP contribution in [0.4, 0.5) is 0 Å². The zero-order valence-corrected chi connectivity index (χ0v) is 14.2. The van der Waals surface area contributed by atoms with Gasteiger partial charge in [0.2, 0.25) is 5.91 Å². The van der Waals surface area contributed by atoms with E-state index in [0.717, 1.165) is 18.4 Å². The Morgan fingerprint density at radius 1 is 1.41 bits per heavy atom. The maximum absolute atomic E-state index is 12.5. The van der Waals surface area contributed by atoms with E-state index in [9.17, 15) is 13.2 Å². The van der Waals surface area contributed by atoms with Crippen molar-refractivity contribution in [2.45, 2.75) is 25.8 Å². The summed E-state index contributed by atoms with van der Waals surface area (Å²) in [5.74, 6) is -0.938. The van der Waals surface area contributed by atoms with Crippen molar-refractivity contribution in [1.29, 1.82) is 0 Å². The van der Waals surface area contributed by atoms with Crippen LogP contribution in [0.25, 0.3) is 0 Å². The third-order valence-corrected chi connectivity index (χ3v) is 5.61. The van der Waals surface area contributed by atoms with E-state index in [-0.39, 0.29) is 18.3 Å². The van der Waals surface area contributed by atoms with Crippen LogP contribution < -0.4 is 0 Å². The molecule has 0 saturated heterocycles. The second kappa shape index (κ2) is 6.84. The summed E-state index contributed by atoms with van der Waals surface area (Å²) in [6.07, 6.45) is 1.65. The lowest BCUT2D eigenvalue weighted by molar-refractivity contribution is -0.130. The van der Waals surface area contributed by atoms with Gasteiger partial charge in [0, 0.05) is 10.8 Å². The fraction of sp³-hybridized carbons (Fsp3) is 0.438. The number of benzene rings is 1. The Bertz CT molecular complexity index is 684. The number of amides is 1. The molecule has 0 heterocycles. The summed E-state index contributed by atoms with van der Waals surface area (Å²) in [6.45, 7) is 5.35. The second-order valence-corrected chi connectivity index (χ2v) is 8.36. The average Bonchev–Trinajstić information content (AvgIpc) is 2.88. The van der Waals surface area contributed by atoms with Gasteiger partial charge in [-0.1, -0.05) is 49.4 Å². The number of aryl methyl sites for hydroxylation is 1. The van der Waals surface area contributed by atoms with Crippen molar-refractivity contribution in [2.24, 2.45) is 0 Å². The molecular weight excluding hydrogens is 322 g/mol. The molecule has 0 aliphatic heterocycles. The number of hydrogen-bond donors (Lipinski definition) is 0. The Balaban J connectivity index is 2.28. The predicted octanol–water partition coefficient (Wildman–Crippen LogP) is 2.69. The number of fused-ring (bicyclic) bond motifs is 1. The van der Waals surface area contributed by atoms with E-state index in [4.69, 9.17) is 11.6 Å². The summed E-state index contributed by atoms with van der Waals surface area (Å²) in [5.41, 5.74) is 2.27. The van der Waals surface area contributed by atoms with E-state index in [2.05, 4.69) is 6.58 Å². The monoisotopic (exact) mass is 341 g/mol. The molecule has 1 amide bonds. The van der Waals surface area contributed by atoms with Crippen molar-refractivity contribution in [1.82, 2.24) is 4.90 Å². The Morgan fingerprint density at radius 3 is 2.73 bits per heavy atom. The van der Waals surface area contributed by atoms with Gasteiger partial charge in [0.1, 0.15) is 5.75 Å². The summed E-state index contributed by atoms with van der Waals surface area (Å²) in [7, 11) is -3.37. The molecule has 6 heteroatoms. The van der Waals surface area contributed by atoms with Crippen LogP contribution in [-0.2, 0) is 21.1 Å². The zero-order chi connectivity index (χ0) is 16.3. The lowest BCUT2D eigenvalue weighted by Crippen LogP contribution is -2.39. The van der Waals surface area contributed by atoms with Crippen molar-refractivity contribution in [3.63, 3.8) is 0 Å². The molecule has 0 saturated carbocycles. The summed E-state index contributed by atoms with van der Waals surface area (Å²) < 4.78 is 23.5. The molecule has 0 aromatic heterocycles. The molecule has 0 spiro atoms. The fourth-order valence-corrected chi connectivity index (χ4v) is 3.66. The smallest absolute Gasteiger partial charge is 0.238 e. The minimum absolute atomic E-state index is 0.0460. The number of hydrogen-bond acceptors (Lipinski definition) is 3. The SMILES string of the molecule is C=C(Cl)CN(C(=O)CS(=O)(=O)CC)[C@H]1CCc2ccccc21. The quantitative estimate of drug-likeness (QED) is 0.799. The lowest BCUT2D eigenvalue weighted by atomic mass is 10.1. The summed E-state index contributed by atoms with van der Waals surface area (Å²) in [4.78, 5) is 14.0. The predicted molar refractivity (Wildman–Crippen MR) is 88.5 cm³/mol. The maximum atomic E-state index is 12.5. The molecule has 1 atom stereocenters. The highest BCUT2D eigenvalue weighted by atomic mass is 35.5. The van der Waals surface area contributed by atoms with E-state index in [1.165, 1.54) is 12.5 Å². The number of carbonyl (C=O) groups is 1. The van der Waals surface area contributed by atoms with Crippen molar-refractivity contribution in [2.75, 3.05) is 18.1 Å². The van der Waals surface area contributed by atoms with Gasteiger partial charge in [0.25, 0.3) is 0 Å². The van der Waals surface area contributed by atoms with Gasteiger partial charge in [-0.25, -0.2) is 8.42 Å². The molecule has 0 radical (unpaired) electrons. The Kier molecular flexibility index (Phi) is 5.29. The first kappa shape index (κ1) is 17.0. The number of rotatable bonds is 6. The van der Waals surface area contributed by atoms with E-state index < -0.39 is 21.5 Å². The van der Waals surface area contributed by atoms with E-state index in [1.54, 1.807) is 4.90 Å². The first-order valence-electron chi connectivity index (χ1n) is 7.25. The highest BCUT2D eigenvalue weighted by Crippen LogP contribution is 2.36. The molecule has 0 unspecified atom stereocenters. The number of carbonyl (C=O) groups excluding carboxylic acids is 1. The van der Waals surface area contributed by atoms with Gasteiger partial charge in [-0.2, -0.15) is 0 Å². The molecule has 1 aliphatic rings. The topological polar surface area (TPSA) is 54.5 Å². The molecule has 4 nitrogen and oxygen atoms in total. The van der Waals surface area contributed by atoms with Gasteiger partial charge < -0.3 is 4.90 Å². The van der Waals surface area contributed by atoms with Gasteiger partial charge in [-0.3, -0.25) is 4.79 Å². The molecule has 22 heavy (non-hydrogen) atoms. The van der Waals surface area contributed by atoms with Crippen LogP contribution in [0.1, 0.15) is 30.5 Å². The van der Waals surface area contributed by atoms with Crippen molar-refractivity contribution >= 4 is 27.3 Å². The van der Waals surface area contributed by atoms with Gasteiger partial charge in [-0.15, -0.1) is 0 Å². The average molecular weight is 342 g/mol. The molecule has 0 N–H and O–H groups in total. The highest BCUT2D eigenvalue weighted by Gasteiger charge is 2.32. The van der Waals surface area contributed by atoms with Crippen LogP contribution in [-0.4, -0.2) is 37.3 Å². The van der Waals surface area contributed by atoms with E-state index in [1.807, 2.05) is 24.3 Å². The number of sulfone groups is 1. The molecule has 1 aromatic rings. The first-order valence-corrected chi connectivity index (χ1v) is 9.45. The minimum Gasteiger partial charge on any atom is -0.330 e. The Labute approximate surface area is 136 Å². The molecule has 0 bridgehead atoms. The van der Waals surface area contributed by atoms with Gasteiger partial charge >= 0.3 is 0 Å². The van der Waals surface area contributed by atoms with Crippen LogP contribution in [0, 0.1) is 0 Å². The van der Waals surface area contributed by atoms with E-state index in [0.29, 0.717) is 5.03 Å². The Morgan fingerprint density at radius 2 is 2.09 bits per heavy atom. The van der Waals surface area contributed by atoms with Crippen molar-refractivity contribution in [3.8, 4) is 0 Å². The third kappa shape index (κ3) is 3.90. The van der Waals surface area contributed by atoms with Crippen molar-refractivity contribution < 1.29 is 13.2 Å². The van der Waals surface area contributed by atoms with Crippen LogP contribution in [0.3, 0.4) is 0 Å². The molecule has 1 aliphatic carbocycles. The minimum atomic E-state index is -3.37. The lowest BCUT2D eigenvalue weighted by Gasteiger charge is -2.29. The Hall–Kier alpha value is -1.33. The summed E-state index contributed by atoms with van der Waals surface area (Å²) >= 11 is 5.89. The summed E-state index contributed by atoms with van der Waals surface area (Å²) in [6, 6.07) is 7.79. The van der Waals surface area contributed by atoms with Gasteiger partial charge in [-0.05, 0) is 24.0 Å². The number of halogens is 1. The van der Waals surface area contributed by atoms with Gasteiger partial charge in [0.05, 0.1) is 12.6 Å². The standard InChI is InChI=1S/C16H20ClNO3S/c1-3-22(20,21)11-16(19)18(10-12(2)17)15-9-8-13-6-4-5-7-14(13)15/h4-7,15H,2-3,8-11H2,1H3/t15-/m0/s1. The zero-order valence-electron chi connectivity index (χ0n) is 12.6. The summed E-state index contributed by atoms with van der Waals surface area (Å²) in [5, 5.41) is 0.326. The molecule has 2 rings (SSSR count). The second-order valence-electron chi connectivity index (χ2n) is 5.47.